The normalized spacial score (nSPS) is 22.1. The number of carbonyl (C=O) groups excluding carboxylic acids is 1. The van der Waals surface area contributed by atoms with Crippen molar-refractivity contribution in [1.29, 1.82) is 0 Å². The average Bonchev–Trinajstić information content (AvgIpc) is 3.42. The van der Waals surface area contributed by atoms with Gasteiger partial charge in [0.2, 0.25) is 0 Å². The molecule has 0 amide bonds. The van der Waals surface area contributed by atoms with Gasteiger partial charge in [-0.05, 0) is 49.5 Å². The second kappa shape index (κ2) is 11.1. The number of nitrogens with zero attached hydrogens (tertiary/aromatic N) is 4. The van der Waals surface area contributed by atoms with Crippen LogP contribution in [0.2, 0.25) is 0 Å². The molecule has 10 nitrogen and oxygen atoms in total. The van der Waals surface area contributed by atoms with Crippen molar-refractivity contribution in [2.24, 2.45) is 11.8 Å². The van der Waals surface area contributed by atoms with Gasteiger partial charge in [-0.15, -0.1) is 0 Å². The molecule has 37 heavy (non-hydrogen) atoms. The van der Waals surface area contributed by atoms with Crippen LogP contribution in [0.4, 0.5) is 17.1 Å². The number of hydrogen-bond acceptors (Lipinski definition) is 8. The van der Waals surface area contributed by atoms with Crippen molar-refractivity contribution in [2.75, 3.05) is 24.6 Å². The molecule has 2 aromatic rings. The molecule has 0 spiro atoms. The molecule has 2 aliphatic heterocycles. The number of hydrogen-bond donors (Lipinski definition) is 0. The molecule has 2 aliphatic rings. The quantitative estimate of drug-likeness (QED) is 0.269. The number of rotatable bonds is 8. The molecule has 196 valence electrons. The fourth-order valence-electron chi connectivity index (χ4n) is 5.57. The lowest BCUT2D eigenvalue weighted by molar-refractivity contribution is -0.385. The third-order valence-corrected chi connectivity index (χ3v) is 7.22. The van der Waals surface area contributed by atoms with E-state index in [4.69, 9.17) is 4.74 Å². The monoisotopic (exact) mass is 508 g/mol. The predicted molar refractivity (Wildman–Crippen MR) is 139 cm³/mol. The number of esters is 1. The smallest absolute Gasteiger partial charge is 0.354 e. The Balaban J connectivity index is 1.91. The van der Waals surface area contributed by atoms with Crippen molar-refractivity contribution >= 4 is 23.0 Å². The first kappa shape index (κ1) is 26.3. The van der Waals surface area contributed by atoms with E-state index in [9.17, 15) is 25.0 Å². The molecular weight excluding hydrogens is 476 g/mol. The van der Waals surface area contributed by atoms with Gasteiger partial charge in [0.1, 0.15) is 5.70 Å². The van der Waals surface area contributed by atoms with Crippen LogP contribution in [0.3, 0.4) is 0 Å². The summed E-state index contributed by atoms with van der Waals surface area (Å²) in [6.45, 7) is 7.96. The SMILES string of the molecule is CCOC(=O)C1=C[C@H](c2ccc([N+](=O)[O-])cc2)[C@H](C(C)C)[C@@H](N2CCCC2)N1c1ccc([N+](=O)[O-])cc1. The zero-order chi connectivity index (χ0) is 26.7. The molecule has 1 saturated heterocycles. The molecule has 0 aromatic heterocycles. The summed E-state index contributed by atoms with van der Waals surface area (Å²) in [5, 5.41) is 22.5. The Bertz CT molecular complexity index is 1170. The van der Waals surface area contributed by atoms with Gasteiger partial charge in [0.05, 0.1) is 22.6 Å². The summed E-state index contributed by atoms with van der Waals surface area (Å²) >= 11 is 0. The van der Waals surface area contributed by atoms with Crippen LogP contribution in [0, 0.1) is 32.1 Å². The van der Waals surface area contributed by atoms with Crippen LogP contribution in [0.15, 0.2) is 60.3 Å². The summed E-state index contributed by atoms with van der Waals surface area (Å²) in [4.78, 5) is 39.4. The Kier molecular flexibility index (Phi) is 7.87. The van der Waals surface area contributed by atoms with Crippen LogP contribution < -0.4 is 4.90 Å². The number of allylic oxidation sites excluding steroid dienone is 1. The number of nitro benzene ring substituents is 2. The highest BCUT2D eigenvalue weighted by atomic mass is 16.6. The van der Waals surface area contributed by atoms with Crippen LogP contribution >= 0.6 is 0 Å². The Morgan fingerprint density at radius 2 is 1.51 bits per heavy atom. The molecule has 0 unspecified atom stereocenters. The first-order chi connectivity index (χ1) is 17.7. The van der Waals surface area contributed by atoms with Gasteiger partial charge in [0.15, 0.2) is 0 Å². The third kappa shape index (κ3) is 5.34. The van der Waals surface area contributed by atoms with E-state index in [2.05, 4.69) is 18.7 Å². The highest BCUT2D eigenvalue weighted by molar-refractivity contribution is 5.93. The maximum absolute atomic E-state index is 13.4. The van der Waals surface area contributed by atoms with Gasteiger partial charge in [-0.1, -0.05) is 26.0 Å². The van der Waals surface area contributed by atoms with Crippen molar-refractivity contribution in [3.63, 3.8) is 0 Å². The lowest BCUT2D eigenvalue weighted by Gasteiger charge is -2.50. The van der Waals surface area contributed by atoms with Gasteiger partial charge in [-0.3, -0.25) is 25.1 Å². The molecular formula is C27H32N4O6. The Hall–Kier alpha value is -3.79. The van der Waals surface area contributed by atoms with Gasteiger partial charge < -0.3 is 9.64 Å². The average molecular weight is 509 g/mol. The molecule has 2 heterocycles. The van der Waals surface area contributed by atoms with Crippen molar-refractivity contribution in [3.8, 4) is 0 Å². The number of benzene rings is 2. The summed E-state index contributed by atoms with van der Waals surface area (Å²) in [6, 6.07) is 12.8. The number of carbonyl (C=O) groups is 1. The van der Waals surface area contributed by atoms with Crippen LogP contribution in [0.5, 0.6) is 0 Å². The first-order valence-corrected chi connectivity index (χ1v) is 12.6. The lowest BCUT2D eigenvalue weighted by atomic mass is 9.73. The van der Waals surface area contributed by atoms with Crippen molar-refractivity contribution in [3.05, 3.63) is 86.1 Å². The van der Waals surface area contributed by atoms with E-state index in [-0.39, 0.29) is 41.9 Å². The summed E-state index contributed by atoms with van der Waals surface area (Å²) in [6.07, 6.45) is 3.76. The number of non-ortho nitro benzene ring substituents is 2. The maximum Gasteiger partial charge on any atom is 0.354 e. The summed E-state index contributed by atoms with van der Waals surface area (Å²) in [7, 11) is 0. The van der Waals surface area contributed by atoms with Crippen molar-refractivity contribution in [2.45, 2.75) is 45.7 Å². The van der Waals surface area contributed by atoms with E-state index in [1.165, 1.54) is 24.3 Å². The topological polar surface area (TPSA) is 119 Å². The van der Waals surface area contributed by atoms with Crippen LogP contribution in [0.25, 0.3) is 0 Å². The second-order valence-electron chi connectivity index (χ2n) is 9.77. The van der Waals surface area contributed by atoms with Gasteiger partial charge in [-0.2, -0.15) is 0 Å². The van der Waals surface area contributed by atoms with Crippen molar-refractivity contribution < 1.29 is 19.4 Å². The highest BCUT2D eigenvalue weighted by Gasteiger charge is 2.46. The van der Waals surface area contributed by atoms with E-state index >= 15 is 0 Å². The number of nitro groups is 2. The first-order valence-electron chi connectivity index (χ1n) is 12.6. The largest absolute Gasteiger partial charge is 0.461 e. The fraction of sp³-hybridized carbons (Fsp3) is 0.444. The molecule has 4 rings (SSSR count). The predicted octanol–water partition coefficient (Wildman–Crippen LogP) is 5.25. The van der Waals surface area contributed by atoms with Crippen LogP contribution in [0.1, 0.15) is 45.1 Å². The van der Waals surface area contributed by atoms with Crippen LogP contribution in [-0.2, 0) is 9.53 Å². The minimum Gasteiger partial charge on any atom is -0.461 e. The Morgan fingerprint density at radius 1 is 0.973 bits per heavy atom. The number of ether oxygens (including phenoxy) is 1. The van der Waals surface area contributed by atoms with Gasteiger partial charge in [0, 0.05) is 54.9 Å². The van der Waals surface area contributed by atoms with E-state index in [0.29, 0.717) is 11.4 Å². The molecule has 1 fully saturated rings. The fourth-order valence-corrected chi connectivity index (χ4v) is 5.57. The maximum atomic E-state index is 13.4. The second-order valence-corrected chi connectivity index (χ2v) is 9.77. The van der Waals surface area contributed by atoms with E-state index in [1.807, 2.05) is 11.0 Å². The minimum atomic E-state index is -0.473. The summed E-state index contributed by atoms with van der Waals surface area (Å²) in [5.41, 5.74) is 1.92. The van der Waals surface area contributed by atoms with E-state index in [0.717, 1.165) is 31.5 Å². The standard InChI is InChI=1S/C27H32N4O6/c1-4-37-27(32)24-17-23(19-7-9-21(10-8-19)30(33)34)25(18(2)3)26(28-15-5-6-16-28)29(24)20-11-13-22(14-12-20)31(35)36/h7-14,17-18,23,25-26H,4-6,15-16H2,1-3H3/t23-,25+,26+/m1/s1. The molecule has 2 aromatic carbocycles. The number of likely N-dealkylation sites (tertiary alicyclic amines) is 1. The van der Waals surface area contributed by atoms with Crippen LogP contribution in [-0.4, -0.2) is 46.6 Å². The molecule has 3 atom stereocenters. The molecule has 0 saturated carbocycles. The third-order valence-electron chi connectivity index (χ3n) is 7.22. The van der Waals surface area contributed by atoms with Crippen molar-refractivity contribution in [1.82, 2.24) is 4.90 Å². The zero-order valence-corrected chi connectivity index (χ0v) is 21.3. The zero-order valence-electron chi connectivity index (χ0n) is 21.3. The molecule has 0 N–H and O–H groups in total. The number of anilines is 1. The molecule has 10 heteroatoms. The van der Waals surface area contributed by atoms with Gasteiger partial charge >= 0.3 is 5.97 Å². The Labute approximate surface area is 215 Å². The summed E-state index contributed by atoms with van der Waals surface area (Å²) < 4.78 is 5.47. The molecule has 0 bridgehead atoms. The van der Waals surface area contributed by atoms with E-state index < -0.39 is 15.8 Å². The van der Waals surface area contributed by atoms with Gasteiger partial charge in [-0.25, -0.2) is 4.79 Å². The van der Waals surface area contributed by atoms with E-state index in [1.54, 1.807) is 31.2 Å². The lowest BCUT2D eigenvalue weighted by Crippen LogP contribution is -2.57. The summed E-state index contributed by atoms with van der Waals surface area (Å²) in [5.74, 6) is -0.460. The Morgan fingerprint density at radius 3 is 2.00 bits per heavy atom. The molecule has 0 radical (unpaired) electrons. The molecule has 0 aliphatic carbocycles. The minimum absolute atomic E-state index is 0.0128. The van der Waals surface area contributed by atoms with Gasteiger partial charge in [0.25, 0.3) is 11.4 Å². The highest BCUT2D eigenvalue weighted by Crippen LogP contribution is 2.46.